The molecule has 3 nitrogen and oxygen atoms in total. The summed E-state index contributed by atoms with van der Waals surface area (Å²) in [4.78, 5) is 11.9. The highest BCUT2D eigenvalue weighted by Gasteiger charge is 2.34. The van der Waals surface area contributed by atoms with Gasteiger partial charge in [-0.25, -0.2) is 0 Å². The van der Waals surface area contributed by atoms with Crippen LogP contribution in [-0.2, 0) is 4.79 Å². The Balaban J connectivity index is 1.98. The molecule has 1 aliphatic rings. The van der Waals surface area contributed by atoms with Gasteiger partial charge in [-0.2, -0.15) is 0 Å². The van der Waals surface area contributed by atoms with Crippen LogP contribution in [0.5, 0.6) is 0 Å². The van der Waals surface area contributed by atoms with E-state index in [0.717, 1.165) is 35.0 Å². The van der Waals surface area contributed by atoms with Gasteiger partial charge in [-0.15, -0.1) is 0 Å². The number of rotatable bonds is 3. The molecule has 0 heterocycles. The van der Waals surface area contributed by atoms with Crippen LogP contribution >= 0.6 is 15.9 Å². The molecule has 3 N–H and O–H groups in total. The Morgan fingerprint density at radius 2 is 2.24 bits per heavy atom. The highest BCUT2D eigenvalue weighted by Crippen LogP contribution is 2.32. The van der Waals surface area contributed by atoms with Crippen LogP contribution < -0.4 is 11.1 Å². The minimum Gasteiger partial charge on any atom is -0.326 e. The second kappa shape index (κ2) is 4.78. The van der Waals surface area contributed by atoms with Crippen LogP contribution in [0.2, 0.25) is 0 Å². The van der Waals surface area contributed by atoms with E-state index < -0.39 is 0 Å². The third kappa shape index (κ3) is 3.07. The van der Waals surface area contributed by atoms with E-state index in [9.17, 15) is 4.79 Å². The molecule has 0 atom stereocenters. The smallest absolute Gasteiger partial charge is 0.226 e. The van der Waals surface area contributed by atoms with Crippen molar-refractivity contribution in [2.45, 2.75) is 38.1 Å². The van der Waals surface area contributed by atoms with E-state index in [4.69, 9.17) is 5.73 Å². The third-order valence-corrected chi connectivity index (χ3v) is 3.82. The van der Waals surface area contributed by atoms with Crippen molar-refractivity contribution in [1.82, 2.24) is 0 Å². The topological polar surface area (TPSA) is 55.1 Å². The molecule has 2 rings (SSSR count). The van der Waals surface area contributed by atoms with Gasteiger partial charge < -0.3 is 11.1 Å². The Labute approximate surface area is 110 Å². The molecule has 1 aliphatic carbocycles. The fraction of sp³-hybridized carbons (Fsp3) is 0.462. The van der Waals surface area contributed by atoms with Gasteiger partial charge in [0.15, 0.2) is 0 Å². The maximum Gasteiger partial charge on any atom is 0.226 e. The van der Waals surface area contributed by atoms with E-state index in [-0.39, 0.29) is 11.4 Å². The molecule has 1 fully saturated rings. The predicted octanol–water partition coefficient (Wildman–Crippen LogP) is 2.97. The van der Waals surface area contributed by atoms with Crippen molar-refractivity contribution in [3.8, 4) is 0 Å². The predicted molar refractivity (Wildman–Crippen MR) is 72.9 cm³/mol. The first-order valence-electron chi connectivity index (χ1n) is 5.83. The van der Waals surface area contributed by atoms with Crippen molar-refractivity contribution in [2.75, 3.05) is 5.32 Å². The number of nitrogens with two attached hydrogens (primary N) is 1. The van der Waals surface area contributed by atoms with Crippen LogP contribution in [0, 0.1) is 6.92 Å². The summed E-state index contributed by atoms with van der Waals surface area (Å²) < 4.78 is 1.02. The highest BCUT2D eigenvalue weighted by atomic mass is 79.9. The van der Waals surface area contributed by atoms with E-state index in [0.29, 0.717) is 6.42 Å². The molecule has 1 saturated carbocycles. The van der Waals surface area contributed by atoms with Crippen molar-refractivity contribution < 1.29 is 4.79 Å². The molecule has 0 aromatic heterocycles. The Morgan fingerprint density at radius 1 is 1.53 bits per heavy atom. The molecular formula is C13H17BrN2O. The van der Waals surface area contributed by atoms with Gasteiger partial charge in [0.1, 0.15) is 0 Å². The van der Waals surface area contributed by atoms with Crippen LogP contribution in [0.4, 0.5) is 5.69 Å². The first-order valence-corrected chi connectivity index (χ1v) is 6.63. The zero-order valence-electron chi connectivity index (χ0n) is 9.92. The zero-order chi connectivity index (χ0) is 12.5. The van der Waals surface area contributed by atoms with Gasteiger partial charge in [0.25, 0.3) is 0 Å². The molecule has 0 aliphatic heterocycles. The largest absolute Gasteiger partial charge is 0.326 e. The monoisotopic (exact) mass is 296 g/mol. The van der Waals surface area contributed by atoms with Crippen molar-refractivity contribution in [3.63, 3.8) is 0 Å². The highest BCUT2D eigenvalue weighted by molar-refractivity contribution is 9.10. The van der Waals surface area contributed by atoms with E-state index in [2.05, 4.69) is 21.2 Å². The van der Waals surface area contributed by atoms with E-state index >= 15 is 0 Å². The number of anilines is 1. The molecule has 1 amide bonds. The number of amides is 1. The van der Waals surface area contributed by atoms with E-state index in [1.807, 2.05) is 25.1 Å². The minimum atomic E-state index is -0.257. The maximum absolute atomic E-state index is 11.9. The molecular weight excluding hydrogens is 280 g/mol. The van der Waals surface area contributed by atoms with Crippen molar-refractivity contribution in [2.24, 2.45) is 5.73 Å². The average Bonchev–Trinajstić information content (AvgIpc) is 2.20. The summed E-state index contributed by atoms with van der Waals surface area (Å²) in [5.74, 6) is 0.0117. The Kier molecular flexibility index (Phi) is 3.54. The zero-order valence-corrected chi connectivity index (χ0v) is 11.5. The first kappa shape index (κ1) is 12.6. The summed E-state index contributed by atoms with van der Waals surface area (Å²) in [6.45, 7) is 1.97. The lowest BCUT2D eigenvalue weighted by Crippen LogP contribution is -2.48. The number of hydrogen-bond acceptors (Lipinski definition) is 2. The quantitative estimate of drug-likeness (QED) is 0.901. The van der Waals surface area contributed by atoms with Gasteiger partial charge in [-0.1, -0.05) is 15.9 Å². The second-order valence-electron chi connectivity index (χ2n) is 4.90. The minimum absolute atomic E-state index is 0.0117. The number of carbonyl (C=O) groups excluding carboxylic acids is 1. The number of carbonyl (C=O) groups is 1. The fourth-order valence-corrected chi connectivity index (χ4v) is 2.56. The van der Waals surface area contributed by atoms with Crippen LogP contribution in [-0.4, -0.2) is 11.4 Å². The molecule has 0 saturated heterocycles. The third-order valence-electron chi connectivity index (χ3n) is 3.32. The maximum atomic E-state index is 11.9. The van der Waals surface area contributed by atoms with E-state index in [1.165, 1.54) is 0 Å². The van der Waals surface area contributed by atoms with Gasteiger partial charge in [-0.05, 0) is 49.9 Å². The number of benzene rings is 1. The lowest BCUT2D eigenvalue weighted by Gasteiger charge is -2.37. The summed E-state index contributed by atoms with van der Waals surface area (Å²) >= 11 is 3.40. The number of aryl methyl sites for hydroxylation is 1. The SMILES string of the molecule is Cc1cc(Br)ccc1NC(=O)CC1(N)CCC1. The van der Waals surface area contributed by atoms with Crippen LogP contribution in [0.1, 0.15) is 31.2 Å². The normalized spacial score (nSPS) is 17.4. The molecule has 1 aromatic carbocycles. The van der Waals surface area contributed by atoms with Crippen molar-refractivity contribution in [3.05, 3.63) is 28.2 Å². The summed E-state index contributed by atoms with van der Waals surface area (Å²) in [5.41, 5.74) is 7.71. The van der Waals surface area contributed by atoms with Gasteiger partial charge in [-0.3, -0.25) is 4.79 Å². The molecule has 4 heteroatoms. The molecule has 0 bridgehead atoms. The van der Waals surface area contributed by atoms with Crippen molar-refractivity contribution >= 4 is 27.5 Å². The Bertz CT molecular complexity index is 441. The summed E-state index contributed by atoms with van der Waals surface area (Å²) in [6.07, 6.45) is 3.48. The Morgan fingerprint density at radius 3 is 2.76 bits per heavy atom. The number of nitrogens with one attached hydrogen (secondary N) is 1. The van der Waals surface area contributed by atoms with Crippen LogP contribution in [0.25, 0.3) is 0 Å². The van der Waals surface area contributed by atoms with Crippen LogP contribution in [0.3, 0.4) is 0 Å². The van der Waals surface area contributed by atoms with Crippen LogP contribution in [0.15, 0.2) is 22.7 Å². The fourth-order valence-electron chi connectivity index (χ4n) is 2.09. The number of hydrogen-bond donors (Lipinski definition) is 2. The number of halogens is 1. The molecule has 0 unspecified atom stereocenters. The van der Waals surface area contributed by atoms with Gasteiger partial charge in [0, 0.05) is 22.1 Å². The molecule has 92 valence electrons. The lowest BCUT2D eigenvalue weighted by atomic mass is 9.75. The molecule has 0 radical (unpaired) electrons. The van der Waals surface area contributed by atoms with E-state index in [1.54, 1.807) is 0 Å². The first-order chi connectivity index (χ1) is 7.98. The summed E-state index contributed by atoms with van der Waals surface area (Å²) in [6, 6.07) is 5.81. The van der Waals surface area contributed by atoms with Gasteiger partial charge in [0.05, 0.1) is 0 Å². The molecule has 17 heavy (non-hydrogen) atoms. The van der Waals surface area contributed by atoms with Gasteiger partial charge >= 0.3 is 0 Å². The van der Waals surface area contributed by atoms with Crippen molar-refractivity contribution in [1.29, 1.82) is 0 Å². The molecule has 1 aromatic rings. The standard InChI is InChI=1S/C13H17BrN2O/c1-9-7-10(14)3-4-11(9)16-12(17)8-13(15)5-2-6-13/h3-4,7H,2,5-6,8,15H2,1H3,(H,16,17). The second-order valence-corrected chi connectivity index (χ2v) is 5.82. The summed E-state index contributed by atoms with van der Waals surface area (Å²) in [5, 5.41) is 2.92. The summed E-state index contributed by atoms with van der Waals surface area (Å²) in [7, 11) is 0. The molecule has 0 spiro atoms. The Hall–Kier alpha value is -0.870. The average molecular weight is 297 g/mol. The van der Waals surface area contributed by atoms with Gasteiger partial charge in [0.2, 0.25) is 5.91 Å². The lowest BCUT2D eigenvalue weighted by molar-refractivity contribution is -0.118.